The summed E-state index contributed by atoms with van der Waals surface area (Å²) in [7, 11) is -3.71. The number of carbonyl (C=O) groups excluding carboxylic acids is 1. The maximum atomic E-state index is 13.3. The predicted molar refractivity (Wildman–Crippen MR) is 121 cm³/mol. The molecule has 0 bridgehead atoms. The van der Waals surface area contributed by atoms with Crippen LogP contribution >= 0.6 is 22.7 Å². The summed E-state index contributed by atoms with van der Waals surface area (Å²) >= 11 is 2.48. The molecule has 0 radical (unpaired) electrons. The van der Waals surface area contributed by atoms with E-state index in [1.165, 1.54) is 28.5 Å². The van der Waals surface area contributed by atoms with Crippen LogP contribution in [0.3, 0.4) is 0 Å². The number of thiazole rings is 1. The number of aromatic nitrogens is 3. The highest BCUT2D eigenvalue weighted by Crippen LogP contribution is 2.35. The van der Waals surface area contributed by atoms with E-state index in [4.69, 9.17) is 4.52 Å². The second-order valence-corrected chi connectivity index (χ2v) is 12.1. The molecule has 9 nitrogen and oxygen atoms in total. The molecule has 3 aromatic rings. The zero-order valence-corrected chi connectivity index (χ0v) is 19.7. The number of sulfonamides is 1. The van der Waals surface area contributed by atoms with Gasteiger partial charge in [-0.1, -0.05) is 18.0 Å². The summed E-state index contributed by atoms with van der Waals surface area (Å²) in [5.74, 6) is 0.757. The average molecular weight is 494 g/mol. The van der Waals surface area contributed by atoms with Crippen molar-refractivity contribution in [2.24, 2.45) is 5.92 Å². The lowest BCUT2D eigenvalue weighted by atomic mass is 9.99. The molecule has 1 N–H and O–H groups in total. The quantitative estimate of drug-likeness (QED) is 0.552. The van der Waals surface area contributed by atoms with Gasteiger partial charge in [-0.15, -0.1) is 22.7 Å². The van der Waals surface area contributed by atoms with E-state index in [1.54, 1.807) is 23.0 Å². The highest BCUT2D eigenvalue weighted by Gasteiger charge is 2.34. The summed E-state index contributed by atoms with van der Waals surface area (Å²) < 4.78 is 33.6. The maximum Gasteiger partial charge on any atom is 0.252 e. The molecular formula is C20H23N5O4S3. The van der Waals surface area contributed by atoms with Gasteiger partial charge in [-0.25, -0.2) is 13.4 Å². The monoisotopic (exact) mass is 493 g/mol. The number of amides is 1. The number of anilines is 1. The molecule has 3 aromatic heterocycles. The number of piperidine rings is 1. The van der Waals surface area contributed by atoms with E-state index < -0.39 is 15.9 Å². The first-order valence-electron chi connectivity index (χ1n) is 10.6. The average Bonchev–Trinajstić information content (AvgIpc) is 3.60. The minimum Gasteiger partial charge on any atom is -0.339 e. The number of hydrogen-bond donors (Lipinski definition) is 1. The summed E-state index contributed by atoms with van der Waals surface area (Å²) in [6.45, 7) is 0.547. The number of nitrogens with zero attached hydrogens (tertiary/aromatic N) is 4. The van der Waals surface area contributed by atoms with Gasteiger partial charge in [0, 0.05) is 41.5 Å². The lowest BCUT2D eigenvalue weighted by Gasteiger charge is -2.30. The summed E-state index contributed by atoms with van der Waals surface area (Å²) in [6, 6.07) is 1.60. The van der Waals surface area contributed by atoms with Crippen molar-refractivity contribution in [1.82, 2.24) is 19.4 Å². The summed E-state index contributed by atoms with van der Waals surface area (Å²) in [4.78, 5) is 21.1. The molecule has 1 amide bonds. The highest BCUT2D eigenvalue weighted by molar-refractivity contribution is 7.91. The Kier molecular flexibility index (Phi) is 6.10. The van der Waals surface area contributed by atoms with Gasteiger partial charge in [0.25, 0.3) is 10.0 Å². The molecule has 170 valence electrons. The van der Waals surface area contributed by atoms with Crippen molar-refractivity contribution in [1.29, 1.82) is 0 Å². The molecule has 1 aliphatic carbocycles. The molecule has 4 heterocycles. The fraction of sp³-hybridized carbons (Fsp3) is 0.500. The summed E-state index contributed by atoms with van der Waals surface area (Å²) in [5.41, 5.74) is 0.636. The van der Waals surface area contributed by atoms with Crippen molar-refractivity contribution in [3.8, 4) is 11.4 Å². The van der Waals surface area contributed by atoms with Crippen LogP contribution in [-0.4, -0.2) is 46.8 Å². The lowest BCUT2D eigenvalue weighted by Crippen LogP contribution is -2.43. The first kappa shape index (κ1) is 21.7. The number of thiophene rings is 1. The molecule has 32 heavy (non-hydrogen) atoms. The van der Waals surface area contributed by atoms with Crippen molar-refractivity contribution in [2.45, 2.75) is 48.7 Å². The van der Waals surface area contributed by atoms with Crippen LogP contribution in [0.2, 0.25) is 0 Å². The molecule has 1 saturated carbocycles. The van der Waals surface area contributed by atoms with Crippen molar-refractivity contribution < 1.29 is 17.7 Å². The summed E-state index contributed by atoms with van der Waals surface area (Å²) in [6.07, 6.45) is 7.33. The van der Waals surface area contributed by atoms with E-state index in [0.29, 0.717) is 47.7 Å². The predicted octanol–water partition coefficient (Wildman–Crippen LogP) is 3.95. The molecular weight excluding hydrogens is 470 g/mol. The molecule has 5 rings (SSSR count). The Morgan fingerprint density at radius 3 is 2.81 bits per heavy atom. The summed E-state index contributed by atoms with van der Waals surface area (Å²) in [5, 5.41) is 10.9. The molecule has 0 aromatic carbocycles. The van der Waals surface area contributed by atoms with Crippen molar-refractivity contribution in [3.05, 3.63) is 28.9 Å². The molecule has 0 spiro atoms. The Bertz CT molecular complexity index is 1180. The van der Waals surface area contributed by atoms with Crippen molar-refractivity contribution in [2.75, 3.05) is 18.4 Å². The molecule has 1 saturated heterocycles. The Morgan fingerprint density at radius 2 is 2.03 bits per heavy atom. The van der Waals surface area contributed by atoms with Gasteiger partial charge in [-0.05, 0) is 31.7 Å². The van der Waals surface area contributed by atoms with E-state index in [2.05, 4.69) is 20.4 Å². The molecule has 12 heteroatoms. The fourth-order valence-electron chi connectivity index (χ4n) is 4.25. The number of hydrogen-bond acceptors (Lipinski definition) is 9. The third-order valence-corrected chi connectivity index (χ3v) is 9.96. The van der Waals surface area contributed by atoms with E-state index >= 15 is 0 Å². The Balaban J connectivity index is 1.29. The Labute approximate surface area is 193 Å². The normalized spacial score (nSPS) is 20.6. The van der Waals surface area contributed by atoms with E-state index in [9.17, 15) is 13.2 Å². The Hall–Kier alpha value is -2.15. The third kappa shape index (κ3) is 4.36. The second-order valence-electron chi connectivity index (χ2n) is 8.12. The number of nitrogens with one attached hydrogen (secondary N) is 1. The van der Waals surface area contributed by atoms with Crippen LogP contribution < -0.4 is 5.32 Å². The first-order valence-corrected chi connectivity index (χ1v) is 13.8. The first-order chi connectivity index (χ1) is 15.5. The van der Waals surface area contributed by atoms with Crippen LogP contribution in [0, 0.1) is 5.92 Å². The minimum absolute atomic E-state index is 0.154. The molecule has 2 aliphatic rings. The van der Waals surface area contributed by atoms with Crippen LogP contribution in [0.25, 0.3) is 11.4 Å². The highest BCUT2D eigenvalue weighted by atomic mass is 32.2. The van der Waals surface area contributed by atoms with Crippen LogP contribution in [0.15, 0.2) is 31.8 Å². The molecule has 0 unspecified atom stereocenters. The van der Waals surface area contributed by atoms with Gasteiger partial charge in [0.2, 0.25) is 17.6 Å². The SMILES string of the molecule is O=C(Nc1nccs1)[C@H]1CCCN(S(=O)(=O)c2cc(-c3noc(C4CCCC4)n3)cs2)C1. The molecule has 1 atom stereocenters. The standard InChI is InChI=1S/C20H23N5O4S3/c26-18(23-20-21-7-9-30-20)14-6-3-8-25(11-14)32(27,28)16-10-15(12-31-16)17-22-19(29-24-17)13-4-1-2-5-13/h7,9-10,12-14H,1-6,8,11H2,(H,21,23,26)/t14-/m0/s1. The maximum absolute atomic E-state index is 13.3. The molecule has 2 fully saturated rings. The third-order valence-electron chi connectivity index (χ3n) is 5.99. The van der Waals surface area contributed by atoms with Gasteiger partial charge < -0.3 is 9.84 Å². The zero-order chi connectivity index (χ0) is 22.1. The largest absolute Gasteiger partial charge is 0.339 e. The van der Waals surface area contributed by atoms with E-state index in [-0.39, 0.29) is 16.7 Å². The van der Waals surface area contributed by atoms with Crippen LogP contribution in [-0.2, 0) is 14.8 Å². The van der Waals surface area contributed by atoms with Crippen LogP contribution in [0.1, 0.15) is 50.3 Å². The van der Waals surface area contributed by atoms with Crippen LogP contribution in [0.4, 0.5) is 5.13 Å². The van der Waals surface area contributed by atoms with Crippen molar-refractivity contribution >= 4 is 43.7 Å². The Morgan fingerprint density at radius 1 is 1.19 bits per heavy atom. The van der Waals surface area contributed by atoms with Gasteiger partial charge in [0.15, 0.2) is 5.13 Å². The fourth-order valence-corrected chi connectivity index (χ4v) is 7.62. The van der Waals surface area contributed by atoms with Gasteiger partial charge in [0.05, 0.1) is 5.92 Å². The van der Waals surface area contributed by atoms with E-state index in [1.807, 2.05) is 0 Å². The van der Waals surface area contributed by atoms with Gasteiger partial charge in [-0.3, -0.25) is 4.79 Å². The topological polar surface area (TPSA) is 118 Å². The minimum atomic E-state index is -3.71. The van der Waals surface area contributed by atoms with E-state index in [0.717, 1.165) is 24.2 Å². The van der Waals surface area contributed by atoms with Crippen LogP contribution in [0.5, 0.6) is 0 Å². The molecule has 1 aliphatic heterocycles. The lowest BCUT2D eigenvalue weighted by molar-refractivity contribution is -0.120. The second kappa shape index (κ2) is 9.00. The van der Waals surface area contributed by atoms with Gasteiger partial charge in [-0.2, -0.15) is 9.29 Å². The smallest absolute Gasteiger partial charge is 0.252 e. The number of rotatable bonds is 6. The number of carbonyl (C=O) groups is 1. The van der Waals surface area contributed by atoms with Gasteiger partial charge >= 0.3 is 0 Å². The van der Waals surface area contributed by atoms with Crippen molar-refractivity contribution in [3.63, 3.8) is 0 Å². The van der Waals surface area contributed by atoms with Gasteiger partial charge in [0.1, 0.15) is 4.21 Å². The zero-order valence-electron chi connectivity index (χ0n) is 17.3.